The smallest absolute Gasteiger partial charge is 0.212 e. The number of ether oxygens (including phenoxy) is 1. The molecule has 0 saturated heterocycles. The average molecular weight is 418 g/mol. The highest BCUT2D eigenvalue weighted by Gasteiger charge is 2.58. The number of para-hydroxylation sites is 1. The first-order valence-electron chi connectivity index (χ1n) is 10.0. The lowest BCUT2D eigenvalue weighted by molar-refractivity contribution is 0.0521. The molecule has 3 aromatic rings. The van der Waals surface area contributed by atoms with E-state index in [1.54, 1.807) is 24.3 Å². The van der Waals surface area contributed by atoms with Gasteiger partial charge in [-0.15, -0.1) is 4.91 Å². The van der Waals surface area contributed by atoms with Crippen molar-refractivity contribution in [2.75, 3.05) is 4.90 Å². The van der Waals surface area contributed by atoms with E-state index >= 15 is 0 Å². The zero-order valence-corrected chi connectivity index (χ0v) is 17.1. The van der Waals surface area contributed by atoms with Crippen LogP contribution in [0.3, 0.4) is 0 Å². The van der Waals surface area contributed by atoms with Crippen molar-refractivity contribution in [2.24, 2.45) is 5.18 Å². The van der Waals surface area contributed by atoms with Gasteiger partial charge in [0.2, 0.25) is 5.72 Å². The van der Waals surface area contributed by atoms with E-state index in [0.717, 1.165) is 22.9 Å². The molecule has 6 heteroatoms. The summed E-state index contributed by atoms with van der Waals surface area (Å²) in [5.41, 5.74) is 2.43. The average Bonchev–Trinajstić information content (AvgIpc) is 2.95. The Hall–Kier alpha value is -3.54. The Morgan fingerprint density at radius 1 is 1.00 bits per heavy atom. The molecule has 2 aliphatic rings. The molecule has 5 rings (SSSR count). The summed E-state index contributed by atoms with van der Waals surface area (Å²) in [6.45, 7) is 4.53. The Labute approximate surface area is 178 Å². The van der Waals surface area contributed by atoms with E-state index in [-0.39, 0.29) is 0 Å². The van der Waals surface area contributed by atoms with Crippen LogP contribution in [0.15, 0.2) is 71.9 Å². The Morgan fingerprint density at radius 2 is 1.81 bits per heavy atom. The van der Waals surface area contributed by atoms with Gasteiger partial charge in [-0.25, -0.2) is 8.78 Å². The number of rotatable bonds is 3. The van der Waals surface area contributed by atoms with Crippen LogP contribution in [0.2, 0.25) is 0 Å². The number of halogens is 2. The van der Waals surface area contributed by atoms with E-state index in [9.17, 15) is 13.7 Å². The van der Waals surface area contributed by atoms with Crippen molar-refractivity contribution in [1.29, 1.82) is 0 Å². The molecule has 0 saturated carbocycles. The monoisotopic (exact) mass is 418 g/mol. The first-order valence-corrected chi connectivity index (χ1v) is 10.0. The zero-order valence-electron chi connectivity index (χ0n) is 17.1. The Bertz CT molecular complexity index is 1240. The highest BCUT2D eigenvalue weighted by atomic mass is 19.2. The maximum absolute atomic E-state index is 13.9. The largest absolute Gasteiger partial charge is 0.463 e. The minimum atomic E-state index is -0.898. The molecule has 1 unspecified atom stereocenters. The standard InChI is InChI=1S/C25H20F2N2O2/c1-24(2)19-5-3-4-6-22(19)29(15-16-7-9-20(26)21(27)13-16)25(24)12-11-17-14-18(28-30)8-10-23(17)31-25/h3-14H,15H2,1-2H3. The molecule has 1 spiro atoms. The quantitative estimate of drug-likeness (QED) is 0.458. The lowest BCUT2D eigenvalue weighted by Crippen LogP contribution is -2.59. The van der Waals surface area contributed by atoms with Crippen molar-refractivity contribution >= 4 is 17.5 Å². The topological polar surface area (TPSA) is 41.9 Å². The molecule has 1 atom stereocenters. The fraction of sp³-hybridized carbons (Fsp3) is 0.200. The lowest BCUT2D eigenvalue weighted by Gasteiger charge is -2.47. The minimum Gasteiger partial charge on any atom is -0.463 e. The molecule has 0 aliphatic carbocycles. The molecule has 156 valence electrons. The molecule has 0 radical (unpaired) electrons. The minimum absolute atomic E-state index is 0.325. The van der Waals surface area contributed by atoms with Gasteiger partial charge in [0.15, 0.2) is 11.6 Å². The number of nitrogens with zero attached hydrogens (tertiary/aromatic N) is 2. The summed E-state index contributed by atoms with van der Waals surface area (Å²) in [7, 11) is 0. The van der Waals surface area contributed by atoms with Crippen molar-refractivity contribution in [1.82, 2.24) is 0 Å². The summed E-state index contributed by atoms with van der Waals surface area (Å²) in [5, 5.41) is 3.00. The number of benzene rings is 3. The van der Waals surface area contributed by atoms with E-state index in [1.165, 1.54) is 6.07 Å². The molecule has 31 heavy (non-hydrogen) atoms. The first kappa shape index (κ1) is 19.4. The molecule has 0 N–H and O–H groups in total. The molecule has 0 aromatic heterocycles. The summed E-state index contributed by atoms with van der Waals surface area (Å²) < 4.78 is 34.1. The third-order valence-corrected chi connectivity index (χ3v) is 6.34. The molecular weight excluding hydrogens is 398 g/mol. The first-order chi connectivity index (χ1) is 14.9. The van der Waals surface area contributed by atoms with Crippen LogP contribution in [-0.4, -0.2) is 5.72 Å². The molecule has 0 amide bonds. The number of hydrogen-bond donors (Lipinski definition) is 0. The van der Waals surface area contributed by atoms with Crippen molar-refractivity contribution in [3.8, 4) is 5.75 Å². The second-order valence-corrected chi connectivity index (χ2v) is 8.42. The van der Waals surface area contributed by atoms with Crippen LogP contribution in [0.5, 0.6) is 5.75 Å². The molecule has 0 bridgehead atoms. The van der Waals surface area contributed by atoms with Crippen molar-refractivity contribution in [3.63, 3.8) is 0 Å². The maximum Gasteiger partial charge on any atom is 0.212 e. The fourth-order valence-electron chi connectivity index (χ4n) is 4.67. The third-order valence-electron chi connectivity index (χ3n) is 6.34. The van der Waals surface area contributed by atoms with E-state index in [0.29, 0.717) is 23.5 Å². The fourth-order valence-corrected chi connectivity index (χ4v) is 4.67. The van der Waals surface area contributed by atoms with E-state index in [4.69, 9.17) is 4.74 Å². The Kier molecular flexibility index (Phi) is 4.22. The second kappa shape index (κ2) is 6.74. The molecular formula is C25H20F2N2O2. The van der Waals surface area contributed by atoms with Crippen LogP contribution in [0.1, 0.15) is 30.5 Å². The van der Waals surface area contributed by atoms with Crippen LogP contribution < -0.4 is 9.64 Å². The van der Waals surface area contributed by atoms with Gasteiger partial charge in [-0.1, -0.05) is 24.3 Å². The number of nitroso groups, excluding NO2 is 1. The Morgan fingerprint density at radius 3 is 2.58 bits per heavy atom. The van der Waals surface area contributed by atoms with E-state index in [2.05, 4.69) is 30.0 Å². The van der Waals surface area contributed by atoms with Gasteiger partial charge in [-0.05, 0) is 78.7 Å². The van der Waals surface area contributed by atoms with E-state index in [1.807, 2.05) is 30.4 Å². The van der Waals surface area contributed by atoms with Gasteiger partial charge >= 0.3 is 0 Å². The van der Waals surface area contributed by atoms with Crippen LogP contribution in [-0.2, 0) is 12.0 Å². The van der Waals surface area contributed by atoms with Crippen LogP contribution in [0, 0.1) is 16.5 Å². The van der Waals surface area contributed by atoms with Crippen molar-refractivity contribution in [2.45, 2.75) is 31.5 Å². The molecule has 2 heterocycles. The summed E-state index contributed by atoms with van der Waals surface area (Å²) in [4.78, 5) is 13.0. The maximum atomic E-state index is 13.9. The predicted octanol–water partition coefficient (Wildman–Crippen LogP) is 6.46. The molecule has 3 aromatic carbocycles. The summed E-state index contributed by atoms with van der Waals surface area (Å²) >= 11 is 0. The number of hydrogen-bond acceptors (Lipinski definition) is 4. The van der Waals surface area contributed by atoms with E-state index < -0.39 is 22.8 Å². The third kappa shape index (κ3) is 2.78. The van der Waals surface area contributed by atoms with Crippen LogP contribution in [0.25, 0.3) is 6.08 Å². The van der Waals surface area contributed by atoms with Crippen LogP contribution >= 0.6 is 0 Å². The van der Waals surface area contributed by atoms with Gasteiger partial charge in [0.05, 0.1) is 5.41 Å². The van der Waals surface area contributed by atoms with Gasteiger partial charge in [0.1, 0.15) is 11.4 Å². The summed E-state index contributed by atoms with van der Waals surface area (Å²) in [6, 6.07) is 17.0. The molecule has 0 fully saturated rings. The summed E-state index contributed by atoms with van der Waals surface area (Å²) in [5.74, 6) is -1.12. The second-order valence-electron chi connectivity index (χ2n) is 8.42. The Balaban J connectivity index is 1.65. The highest BCUT2D eigenvalue weighted by molar-refractivity contribution is 5.73. The van der Waals surface area contributed by atoms with Gasteiger partial charge in [-0.3, -0.25) is 0 Å². The normalized spacial score (nSPS) is 20.3. The van der Waals surface area contributed by atoms with Crippen molar-refractivity contribution < 1.29 is 13.5 Å². The van der Waals surface area contributed by atoms with Gasteiger partial charge < -0.3 is 9.64 Å². The molecule has 2 aliphatic heterocycles. The van der Waals surface area contributed by atoms with Gasteiger partial charge in [0.25, 0.3) is 0 Å². The highest BCUT2D eigenvalue weighted by Crippen LogP contribution is 2.55. The van der Waals surface area contributed by atoms with Gasteiger partial charge in [0, 0.05) is 17.8 Å². The molecule has 4 nitrogen and oxygen atoms in total. The van der Waals surface area contributed by atoms with Gasteiger partial charge in [-0.2, -0.15) is 0 Å². The van der Waals surface area contributed by atoms with Crippen molar-refractivity contribution in [3.05, 3.63) is 100.0 Å². The number of fused-ring (bicyclic) bond motifs is 2. The van der Waals surface area contributed by atoms with Crippen LogP contribution in [0.4, 0.5) is 20.2 Å². The summed E-state index contributed by atoms with van der Waals surface area (Å²) in [6.07, 6.45) is 3.91. The SMILES string of the molecule is CC1(C)c2ccccc2N(Cc2ccc(F)c(F)c2)C12C=Cc1cc(N=O)ccc1O2. The lowest BCUT2D eigenvalue weighted by atomic mass is 9.76. The predicted molar refractivity (Wildman–Crippen MR) is 116 cm³/mol. The number of anilines is 1. The zero-order chi connectivity index (χ0) is 21.8.